The third kappa shape index (κ3) is 4.16. The largest absolute Gasteiger partial charge is 0.356 e. The highest BCUT2D eigenvalue weighted by molar-refractivity contribution is 5.82. The molecule has 3 N–H and O–H groups in total. The number of nitrogens with two attached hydrogens (primary N) is 1. The smallest absolute Gasteiger partial charge is 0.237 e. The lowest BCUT2D eigenvalue weighted by atomic mass is 10.0. The number of hydrogen-bond acceptors (Lipinski definition) is 5. The van der Waals surface area contributed by atoms with Gasteiger partial charge >= 0.3 is 0 Å². The summed E-state index contributed by atoms with van der Waals surface area (Å²) in [6.45, 7) is 9.60. The molecule has 2 rings (SSSR count). The second kappa shape index (κ2) is 7.05. The van der Waals surface area contributed by atoms with Crippen LogP contribution in [0, 0.1) is 19.8 Å². The molecule has 122 valence electrons. The van der Waals surface area contributed by atoms with Crippen molar-refractivity contribution in [1.82, 2.24) is 15.3 Å². The first-order chi connectivity index (χ1) is 10.4. The summed E-state index contributed by atoms with van der Waals surface area (Å²) in [5.41, 5.74) is 6.88. The second-order valence-corrected chi connectivity index (χ2v) is 6.45. The van der Waals surface area contributed by atoms with E-state index in [-0.39, 0.29) is 17.9 Å². The number of hydrogen-bond donors (Lipinski definition) is 2. The van der Waals surface area contributed by atoms with Gasteiger partial charge in [0.25, 0.3) is 0 Å². The van der Waals surface area contributed by atoms with Crippen LogP contribution in [-0.4, -0.2) is 41.0 Å². The molecule has 22 heavy (non-hydrogen) atoms. The highest BCUT2D eigenvalue weighted by Crippen LogP contribution is 2.19. The van der Waals surface area contributed by atoms with Crippen molar-refractivity contribution < 1.29 is 4.79 Å². The van der Waals surface area contributed by atoms with E-state index in [1.165, 1.54) is 0 Å². The molecule has 0 aromatic carbocycles. The molecule has 1 amide bonds. The molecule has 1 aliphatic rings. The fourth-order valence-corrected chi connectivity index (χ4v) is 2.71. The van der Waals surface area contributed by atoms with E-state index in [0.29, 0.717) is 0 Å². The molecule has 1 aliphatic heterocycles. The first-order valence-electron chi connectivity index (χ1n) is 8.00. The predicted octanol–water partition coefficient (Wildman–Crippen LogP) is 1.16. The topological polar surface area (TPSA) is 84.1 Å². The average molecular weight is 305 g/mol. The van der Waals surface area contributed by atoms with Crippen molar-refractivity contribution in [3.05, 3.63) is 17.6 Å². The van der Waals surface area contributed by atoms with Crippen molar-refractivity contribution in [3.63, 3.8) is 0 Å². The van der Waals surface area contributed by atoms with Crippen molar-refractivity contribution in [2.45, 2.75) is 52.6 Å². The number of amides is 1. The molecular weight excluding hydrogens is 278 g/mol. The summed E-state index contributed by atoms with van der Waals surface area (Å²) in [5, 5.41) is 3.07. The maximum Gasteiger partial charge on any atom is 0.237 e. The first kappa shape index (κ1) is 16.7. The minimum absolute atomic E-state index is 0.0397. The SMILES string of the molecule is Cc1cc(N2CCC(NC(=O)[C@@H](N)C(C)C)CC2)nc(C)n1. The van der Waals surface area contributed by atoms with E-state index in [2.05, 4.69) is 20.2 Å². The molecule has 0 unspecified atom stereocenters. The van der Waals surface area contributed by atoms with E-state index in [9.17, 15) is 4.79 Å². The van der Waals surface area contributed by atoms with Crippen molar-refractivity contribution >= 4 is 11.7 Å². The minimum Gasteiger partial charge on any atom is -0.356 e. The molecule has 1 atom stereocenters. The highest BCUT2D eigenvalue weighted by atomic mass is 16.2. The van der Waals surface area contributed by atoms with Gasteiger partial charge in [-0.2, -0.15) is 0 Å². The van der Waals surface area contributed by atoms with E-state index in [0.717, 1.165) is 43.3 Å². The van der Waals surface area contributed by atoms with Crippen LogP contribution in [0.25, 0.3) is 0 Å². The summed E-state index contributed by atoms with van der Waals surface area (Å²) in [6.07, 6.45) is 1.83. The molecule has 1 aromatic rings. The molecule has 0 spiro atoms. The maximum absolute atomic E-state index is 12.0. The third-order valence-corrected chi connectivity index (χ3v) is 4.14. The average Bonchev–Trinajstić information content (AvgIpc) is 2.46. The van der Waals surface area contributed by atoms with Gasteiger partial charge in [-0.3, -0.25) is 4.79 Å². The second-order valence-electron chi connectivity index (χ2n) is 6.45. The number of carbonyl (C=O) groups excluding carboxylic acids is 1. The summed E-state index contributed by atoms with van der Waals surface area (Å²) in [4.78, 5) is 23.1. The highest BCUT2D eigenvalue weighted by Gasteiger charge is 2.25. The van der Waals surface area contributed by atoms with Gasteiger partial charge in [0.1, 0.15) is 11.6 Å². The van der Waals surface area contributed by atoms with Crippen LogP contribution in [-0.2, 0) is 4.79 Å². The Labute approximate surface area is 132 Å². The lowest BCUT2D eigenvalue weighted by Gasteiger charge is -2.34. The van der Waals surface area contributed by atoms with Crippen molar-refractivity contribution in [3.8, 4) is 0 Å². The number of rotatable bonds is 4. The number of carbonyl (C=O) groups is 1. The maximum atomic E-state index is 12.0. The molecule has 0 bridgehead atoms. The van der Waals surface area contributed by atoms with Crippen LogP contribution in [0.15, 0.2) is 6.07 Å². The minimum atomic E-state index is -0.426. The van der Waals surface area contributed by atoms with Gasteiger partial charge in [0.15, 0.2) is 0 Å². The molecule has 1 aromatic heterocycles. The van der Waals surface area contributed by atoms with Crippen molar-refractivity contribution in [2.75, 3.05) is 18.0 Å². The van der Waals surface area contributed by atoms with Gasteiger partial charge in [0.2, 0.25) is 5.91 Å². The molecule has 6 nitrogen and oxygen atoms in total. The molecular formula is C16H27N5O. The molecule has 1 saturated heterocycles. The van der Waals surface area contributed by atoms with Crippen LogP contribution in [0.4, 0.5) is 5.82 Å². The third-order valence-electron chi connectivity index (χ3n) is 4.14. The van der Waals surface area contributed by atoms with Gasteiger partial charge in [0, 0.05) is 30.9 Å². The lowest BCUT2D eigenvalue weighted by molar-refractivity contribution is -0.124. The van der Waals surface area contributed by atoms with Gasteiger partial charge in [-0.1, -0.05) is 13.8 Å². The van der Waals surface area contributed by atoms with Gasteiger partial charge in [-0.15, -0.1) is 0 Å². The summed E-state index contributed by atoms with van der Waals surface area (Å²) in [5.74, 6) is 1.90. The van der Waals surface area contributed by atoms with Gasteiger partial charge in [0.05, 0.1) is 6.04 Å². The molecule has 6 heteroatoms. The zero-order chi connectivity index (χ0) is 16.3. The van der Waals surface area contributed by atoms with Crippen molar-refractivity contribution in [2.24, 2.45) is 11.7 Å². The van der Waals surface area contributed by atoms with E-state index < -0.39 is 6.04 Å². The number of aryl methyl sites for hydroxylation is 2. The lowest BCUT2D eigenvalue weighted by Crippen LogP contribution is -2.51. The first-order valence-corrected chi connectivity index (χ1v) is 8.00. The number of nitrogens with one attached hydrogen (secondary N) is 1. The standard InChI is InChI=1S/C16H27N5O/c1-10(2)15(17)16(22)20-13-5-7-21(8-6-13)14-9-11(3)18-12(4)19-14/h9-10,13,15H,5-8,17H2,1-4H3,(H,20,22)/t15-/m0/s1. The number of piperidine rings is 1. The Morgan fingerprint density at radius 2 is 1.95 bits per heavy atom. The predicted molar refractivity (Wildman–Crippen MR) is 87.7 cm³/mol. The Morgan fingerprint density at radius 3 is 2.50 bits per heavy atom. The monoisotopic (exact) mass is 305 g/mol. The van der Waals surface area contributed by atoms with E-state index in [1.54, 1.807) is 0 Å². The Balaban J connectivity index is 1.89. The summed E-state index contributed by atoms with van der Waals surface area (Å²) in [6, 6.07) is 1.79. The Hall–Kier alpha value is -1.69. The van der Waals surface area contributed by atoms with Crippen LogP contribution < -0.4 is 16.0 Å². The zero-order valence-electron chi connectivity index (χ0n) is 14.0. The van der Waals surface area contributed by atoms with Gasteiger partial charge < -0.3 is 16.0 Å². The van der Waals surface area contributed by atoms with Crippen LogP contribution in [0.5, 0.6) is 0 Å². The zero-order valence-corrected chi connectivity index (χ0v) is 14.0. The van der Waals surface area contributed by atoms with Gasteiger partial charge in [-0.05, 0) is 32.6 Å². The van der Waals surface area contributed by atoms with Crippen LogP contribution in [0.2, 0.25) is 0 Å². The summed E-state index contributed by atoms with van der Waals surface area (Å²) >= 11 is 0. The number of anilines is 1. The number of aromatic nitrogens is 2. The van der Waals surface area contributed by atoms with E-state index >= 15 is 0 Å². The van der Waals surface area contributed by atoms with Crippen LogP contribution in [0.1, 0.15) is 38.2 Å². The Morgan fingerprint density at radius 1 is 1.32 bits per heavy atom. The normalized spacial score (nSPS) is 17.6. The summed E-state index contributed by atoms with van der Waals surface area (Å²) in [7, 11) is 0. The molecule has 2 heterocycles. The molecule has 0 saturated carbocycles. The molecule has 0 radical (unpaired) electrons. The van der Waals surface area contributed by atoms with Gasteiger partial charge in [-0.25, -0.2) is 9.97 Å². The van der Waals surface area contributed by atoms with Crippen LogP contribution >= 0.6 is 0 Å². The summed E-state index contributed by atoms with van der Waals surface area (Å²) < 4.78 is 0. The number of nitrogens with zero attached hydrogens (tertiary/aromatic N) is 3. The Kier molecular flexibility index (Phi) is 5.34. The quantitative estimate of drug-likeness (QED) is 0.872. The van der Waals surface area contributed by atoms with Crippen molar-refractivity contribution in [1.29, 1.82) is 0 Å². The van der Waals surface area contributed by atoms with E-state index in [4.69, 9.17) is 5.73 Å². The fraction of sp³-hybridized carbons (Fsp3) is 0.688. The van der Waals surface area contributed by atoms with Crippen LogP contribution in [0.3, 0.4) is 0 Å². The fourth-order valence-electron chi connectivity index (χ4n) is 2.71. The molecule has 1 fully saturated rings. The van der Waals surface area contributed by atoms with E-state index in [1.807, 2.05) is 33.8 Å². The molecule has 0 aliphatic carbocycles. The Bertz CT molecular complexity index is 503.